The lowest BCUT2D eigenvalue weighted by atomic mass is 10.1. The zero-order valence-electron chi connectivity index (χ0n) is 18.4. The Hall–Kier alpha value is -2.33. The van der Waals surface area contributed by atoms with Gasteiger partial charge in [0.1, 0.15) is 0 Å². The molecule has 4 nitrogen and oxygen atoms in total. The monoisotopic (exact) mass is 444 g/mol. The highest BCUT2D eigenvalue weighted by atomic mass is 35.5. The molecule has 0 fully saturated rings. The second-order valence-electron chi connectivity index (χ2n) is 7.63. The number of benzene rings is 2. The number of carbonyl (C=O) groups is 2. The van der Waals surface area contributed by atoms with Crippen LogP contribution in [0, 0.1) is 0 Å². The summed E-state index contributed by atoms with van der Waals surface area (Å²) in [6.07, 6.45) is 9.93. The van der Waals surface area contributed by atoms with E-state index < -0.39 is 11.9 Å². The molecule has 0 N–H and O–H groups in total. The summed E-state index contributed by atoms with van der Waals surface area (Å²) in [6.45, 7) is 2.76. The van der Waals surface area contributed by atoms with Gasteiger partial charge in [-0.15, -0.1) is 0 Å². The number of hydrogen-bond acceptors (Lipinski definition) is 4. The SMILES string of the molecule is CCCCCCCCCCOC(=O)c1ccccc1C(=O)OCCc1ccccc1Cl. The fraction of sp³-hybridized carbons (Fsp3) is 0.462. The molecule has 0 aromatic heterocycles. The van der Waals surface area contributed by atoms with E-state index in [1.807, 2.05) is 18.2 Å². The molecule has 0 spiro atoms. The van der Waals surface area contributed by atoms with Crippen molar-refractivity contribution >= 4 is 23.5 Å². The molecule has 0 aliphatic heterocycles. The Kier molecular flexibility index (Phi) is 11.8. The van der Waals surface area contributed by atoms with Gasteiger partial charge in [0.15, 0.2) is 0 Å². The maximum atomic E-state index is 12.5. The van der Waals surface area contributed by atoms with Gasteiger partial charge in [-0.2, -0.15) is 0 Å². The topological polar surface area (TPSA) is 52.6 Å². The van der Waals surface area contributed by atoms with Gasteiger partial charge in [0, 0.05) is 11.4 Å². The highest BCUT2D eigenvalue weighted by molar-refractivity contribution is 6.31. The maximum Gasteiger partial charge on any atom is 0.339 e. The number of esters is 2. The van der Waals surface area contributed by atoms with E-state index in [1.54, 1.807) is 30.3 Å². The molecule has 2 aromatic rings. The Morgan fingerprint density at radius 1 is 0.710 bits per heavy atom. The molecule has 0 aliphatic rings. The van der Waals surface area contributed by atoms with Crippen LogP contribution in [0.2, 0.25) is 5.02 Å². The van der Waals surface area contributed by atoms with Crippen LogP contribution in [0.5, 0.6) is 0 Å². The van der Waals surface area contributed by atoms with Crippen molar-refractivity contribution in [2.24, 2.45) is 0 Å². The van der Waals surface area contributed by atoms with Gasteiger partial charge in [0.05, 0.1) is 24.3 Å². The largest absolute Gasteiger partial charge is 0.462 e. The summed E-state index contributed by atoms with van der Waals surface area (Å²) >= 11 is 6.13. The quantitative estimate of drug-likeness (QED) is 0.231. The summed E-state index contributed by atoms with van der Waals surface area (Å²) in [5.74, 6) is -1.02. The van der Waals surface area contributed by atoms with Crippen LogP contribution in [0.3, 0.4) is 0 Å². The van der Waals surface area contributed by atoms with Crippen molar-refractivity contribution in [1.82, 2.24) is 0 Å². The lowest BCUT2D eigenvalue weighted by Crippen LogP contribution is -2.15. The third kappa shape index (κ3) is 9.14. The van der Waals surface area contributed by atoms with Crippen LogP contribution >= 0.6 is 11.6 Å². The first-order chi connectivity index (χ1) is 15.1. The Bertz CT molecular complexity index is 819. The molecule has 0 aliphatic carbocycles. The van der Waals surface area contributed by atoms with Crippen LogP contribution < -0.4 is 0 Å². The first kappa shape index (κ1) is 24.9. The van der Waals surface area contributed by atoms with Gasteiger partial charge >= 0.3 is 11.9 Å². The summed E-state index contributed by atoms with van der Waals surface area (Å²) in [5.41, 5.74) is 1.38. The van der Waals surface area contributed by atoms with Crippen molar-refractivity contribution in [2.75, 3.05) is 13.2 Å². The predicted molar refractivity (Wildman–Crippen MR) is 125 cm³/mol. The molecule has 0 atom stereocenters. The Labute approximate surface area is 190 Å². The molecular weight excluding hydrogens is 412 g/mol. The number of ether oxygens (including phenoxy) is 2. The molecule has 5 heteroatoms. The molecule has 0 radical (unpaired) electrons. The van der Waals surface area contributed by atoms with E-state index in [0.717, 1.165) is 24.8 Å². The van der Waals surface area contributed by atoms with E-state index in [4.69, 9.17) is 21.1 Å². The lowest BCUT2D eigenvalue weighted by Gasteiger charge is -2.10. The second kappa shape index (κ2) is 14.6. The molecule has 0 bridgehead atoms. The number of carbonyl (C=O) groups excluding carboxylic acids is 2. The average Bonchev–Trinajstić information content (AvgIpc) is 2.79. The summed E-state index contributed by atoms with van der Waals surface area (Å²) < 4.78 is 10.8. The van der Waals surface area contributed by atoms with E-state index in [-0.39, 0.29) is 17.7 Å². The lowest BCUT2D eigenvalue weighted by molar-refractivity contribution is 0.0456. The molecule has 168 valence electrons. The van der Waals surface area contributed by atoms with Crippen molar-refractivity contribution in [3.05, 3.63) is 70.2 Å². The zero-order valence-corrected chi connectivity index (χ0v) is 19.2. The molecule has 0 saturated carbocycles. The van der Waals surface area contributed by atoms with Crippen LogP contribution in [0.25, 0.3) is 0 Å². The highest BCUT2D eigenvalue weighted by Gasteiger charge is 2.19. The van der Waals surface area contributed by atoms with Crippen LogP contribution in [0.1, 0.15) is 84.6 Å². The Morgan fingerprint density at radius 3 is 1.84 bits per heavy atom. The smallest absolute Gasteiger partial charge is 0.339 e. The normalized spacial score (nSPS) is 10.6. The van der Waals surface area contributed by atoms with E-state index in [0.29, 0.717) is 18.1 Å². The molecule has 31 heavy (non-hydrogen) atoms. The van der Waals surface area contributed by atoms with Gasteiger partial charge in [-0.05, 0) is 30.2 Å². The number of rotatable bonds is 14. The number of halogens is 1. The van der Waals surface area contributed by atoms with Crippen molar-refractivity contribution in [1.29, 1.82) is 0 Å². The minimum atomic E-state index is -0.535. The predicted octanol–water partition coefficient (Wildman–Crippen LogP) is 7.04. The molecule has 2 rings (SSSR count). The van der Waals surface area contributed by atoms with Crippen molar-refractivity contribution in [2.45, 2.75) is 64.7 Å². The van der Waals surface area contributed by atoms with Gasteiger partial charge in [-0.25, -0.2) is 9.59 Å². The summed E-state index contributed by atoms with van der Waals surface area (Å²) in [5, 5.41) is 0.642. The third-order valence-corrected chi connectivity index (χ3v) is 5.53. The maximum absolute atomic E-state index is 12.5. The van der Waals surface area contributed by atoms with Crippen molar-refractivity contribution in [3.63, 3.8) is 0 Å². The highest BCUT2D eigenvalue weighted by Crippen LogP contribution is 2.17. The van der Waals surface area contributed by atoms with Gasteiger partial charge < -0.3 is 9.47 Å². The molecule has 0 unspecified atom stereocenters. The fourth-order valence-corrected chi connectivity index (χ4v) is 3.58. The summed E-state index contributed by atoms with van der Waals surface area (Å²) in [6, 6.07) is 14.1. The first-order valence-electron chi connectivity index (χ1n) is 11.3. The van der Waals surface area contributed by atoms with Crippen LogP contribution in [-0.2, 0) is 15.9 Å². The zero-order chi connectivity index (χ0) is 22.3. The first-order valence-corrected chi connectivity index (χ1v) is 11.7. The van der Waals surface area contributed by atoms with Crippen molar-refractivity contribution in [3.8, 4) is 0 Å². The van der Waals surface area contributed by atoms with E-state index >= 15 is 0 Å². The molecular formula is C26H33ClO4. The van der Waals surface area contributed by atoms with E-state index in [9.17, 15) is 9.59 Å². The average molecular weight is 445 g/mol. The van der Waals surface area contributed by atoms with E-state index in [1.165, 1.54) is 32.1 Å². The van der Waals surface area contributed by atoms with E-state index in [2.05, 4.69) is 6.92 Å². The van der Waals surface area contributed by atoms with Crippen LogP contribution in [0.4, 0.5) is 0 Å². The van der Waals surface area contributed by atoms with Gasteiger partial charge in [-0.3, -0.25) is 0 Å². The molecule has 2 aromatic carbocycles. The Balaban J connectivity index is 1.75. The van der Waals surface area contributed by atoms with Crippen molar-refractivity contribution < 1.29 is 19.1 Å². The molecule has 0 heterocycles. The third-order valence-electron chi connectivity index (χ3n) is 5.16. The van der Waals surface area contributed by atoms with Crippen LogP contribution in [0.15, 0.2) is 48.5 Å². The van der Waals surface area contributed by atoms with Gasteiger partial charge in [0.2, 0.25) is 0 Å². The van der Waals surface area contributed by atoms with Gasteiger partial charge in [0.25, 0.3) is 0 Å². The van der Waals surface area contributed by atoms with Gasteiger partial charge in [-0.1, -0.05) is 93.8 Å². The molecule has 0 amide bonds. The second-order valence-corrected chi connectivity index (χ2v) is 8.04. The minimum absolute atomic E-state index is 0.185. The number of hydrogen-bond donors (Lipinski definition) is 0. The minimum Gasteiger partial charge on any atom is -0.462 e. The standard InChI is InChI=1S/C26H33ClO4/c1-2-3-4-5-6-7-8-13-19-30-25(28)22-15-10-11-16-23(22)26(29)31-20-18-21-14-9-12-17-24(21)27/h9-12,14-17H,2-8,13,18-20H2,1H3. The Morgan fingerprint density at radius 2 is 1.23 bits per heavy atom. The van der Waals surface area contributed by atoms with Crippen LogP contribution in [-0.4, -0.2) is 25.2 Å². The number of unbranched alkanes of at least 4 members (excludes halogenated alkanes) is 7. The fourth-order valence-electron chi connectivity index (χ4n) is 3.35. The summed E-state index contributed by atoms with van der Waals surface area (Å²) in [4.78, 5) is 25.0. The summed E-state index contributed by atoms with van der Waals surface area (Å²) in [7, 11) is 0. The molecule has 0 saturated heterocycles.